The van der Waals surface area contributed by atoms with E-state index >= 15 is 0 Å². The number of carbonyl (C=O) groups excluding carboxylic acids is 1. The summed E-state index contributed by atoms with van der Waals surface area (Å²) in [5, 5.41) is 12.2. The first-order valence-corrected chi connectivity index (χ1v) is 25.1. The number of imidazole rings is 1. The van der Waals surface area contributed by atoms with Crippen LogP contribution in [0.25, 0.3) is 11.0 Å². The minimum Gasteiger partial charge on any atom is -0.506 e. The number of aromatic hydroxyl groups is 1. The summed E-state index contributed by atoms with van der Waals surface area (Å²) in [6.45, 7) is 4.76. The molecule has 0 aliphatic carbocycles. The lowest BCUT2D eigenvalue weighted by Crippen LogP contribution is -2.30. The van der Waals surface area contributed by atoms with E-state index < -0.39 is 17.1 Å². The van der Waals surface area contributed by atoms with Gasteiger partial charge in [0.25, 0.3) is 5.91 Å². The summed E-state index contributed by atoms with van der Waals surface area (Å²) in [6, 6.07) is 39.7. The number of alkyl halides is 6. The molecule has 9 rings (SSSR count). The summed E-state index contributed by atoms with van der Waals surface area (Å²) in [4.78, 5) is 27.5. The Kier molecular flexibility index (Phi) is 15.4. The third kappa shape index (κ3) is 12.9. The average molecular weight is 1050 g/mol. The molecular weight excluding hydrogens is 997 g/mol. The van der Waals surface area contributed by atoms with Crippen molar-refractivity contribution in [2.75, 3.05) is 7.05 Å². The van der Waals surface area contributed by atoms with Crippen molar-refractivity contribution in [3.63, 3.8) is 0 Å². The van der Waals surface area contributed by atoms with E-state index in [1.807, 2.05) is 90.5 Å². The smallest absolute Gasteiger partial charge is 0.446 e. The van der Waals surface area contributed by atoms with Crippen LogP contribution >= 0.6 is 23.5 Å². The number of amides is 1. The van der Waals surface area contributed by atoms with Crippen LogP contribution in [0.2, 0.25) is 0 Å². The number of fused-ring (bicyclic) bond motifs is 1. The number of rotatable bonds is 18. The standard InChI is InChI=1S/C57H49F6N5O4S2/c1-36-13-16-39(17-14-36)32-68(34-43-10-7-27-71-43)55(70)54-46(45-11-4-5-12-49(45)72-54)30-40-8-6-9-42(29-40)33-67-26-25-64-51(67)35-66(3)53(52-48(69)23-15-37(2)65-52)47-31-41(20-24-50(47)74-57(61,62)63)28-38-18-21-44(22-19-38)73-56(58,59)60/h4-27,29,31,53,69H,28,30,32-35H2,1-3H3. The monoisotopic (exact) mass is 1050 g/mol. The fourth-order valence-electron chi connectivity index (χ4n) is 9.03. The molecule has 17 heteroatoms. The van der Waals surface area contributed by atoms with Gasteiger partial charge in [-0.3, -0.25) is 14.7 Å². The van der Waals surface area contributed by atoms with Crippen LogP contribution in [0.3, 0.4) is 0 Å². The van der Waals surface area contributed by atoms with Crippen LogP contribution in [0.15, 0.2) is 177 Å². The van der Waals surface area contributed by atoms with E-state index in [2.05, 4.69) is 11.1 Å². The maximum Gasteiger partial charge on any atom is 0.446 e. The van der Waals surface area contributed by atoms with E-state index in [1.165, 1.54) is 24.3 Å². The van der Waals surface area contributed by atoms with Gasteiger partial charge in [-0.05, 0) is 133 Å². The van der Waals surface area contributed by atoms with Crippen LogP contribution in [0, 0.1) is 13.8 Å². The van der Waals surface area contributed by atoms with Gasteiger partial charge in [0.2, 0.25) is 0 Å². The number of nitrogens with zero attached hydrogens (tertiary/aromatic N) is 5. The molecule has 0 saturated heterocycles. The normalized spacial score (nSPS) is 12.5. The Bertz CT molecular complexity index is 3370. The second-order valence-corrected chi connectivity index (χ2v) is 20.3. The van der Waals surface area contributed by atoms with Gasteiger partial charge in [0.05, 0.1) is 25.4 Å². The molecule has 0 saturated carbocycles. The SMILES string of the molecule is Cc1ccc(CN(Cc2ccco2)C(=O)c2oc3ccccc3c2Cc2cccc(Cn3ccnc3CN(C)C(c3cc(Cc4ccc(SC(F)(F)F)cc4)ccc3SC(F)(F)F)c3nc(C)ccc3O)c2)cc1. The minimum atomic E-state index is -4.66. The molecule has 0 spiro atoms. The van der Waals surface area contributed by atoms with Crippen molar-refractivity contribution in [3.05, 3.63) is 231 Å². The molecule has 1 unspecified atom stereocenters. The molecule has 9 aromatic rings. The Hall–Kier alpha value is -7.21. The maximum absolute atomic E-state index is 14.7. The molecule has 0 aliphatic rings. The number of hydrogen-bond donors (Lipinski definition) is 1. The number of aromatic nitrogens is 3. The fraction of sp³-hybridized carbons (Fsp3) is 0.211. The Balaban J connectivity index is 0.996. The lowest BCUT2D eigenvalue weighted by atomic mass is 9.96. The summed E-state index contributed by atoms with van der Waals surface area (Å²) in [6.07, 6.45) is 5.63. The number of furan rings is 2. The van der Waals surface area contributed by atoms with E-state index in [0.29, 0.717) is 53.5 Å². The molecule has 1 N–H and O–H groups in total. The zero-order valence-corrected chi connectivity index (χ0v) is 42.0. The van der Waals surface area contributed by atoms with Crippen molar-refractivity contribution in [1.82, 2.24) is 24.3 Å². The molecule has 1 amide bonds. The van der Waals surface area contributed by atoms with Gasteiger partial charge in [0, 0.05) is 58.3 Å². The van der Waals surface area contributed by atoms with Crippen LogP contribution in [-0.4, -0.2) is 53.4 Å². The number of hydrogen-bond acceptors (Lipinski definition) is 9. The fourth-order valence-corrected chi connectivity index (χ4v) is 10.2. The second kappa shape index (κ2) is 22.1. The minimum absolute atomic E-state index is 0.0112. The molecule has 0 radical (unpaired) electrons. The third-order valence-electron chi connectivity index (χ3n) is 12.4. The molecule has 5 aromatic carbocycles. The first-order valence-electron chi connectivity index (χ1n) is 23.5. The second-order valence-electron chi connectivity index (χ2n) is 18.1. The summed E-state index contributed by atoms with van der Waals surface area (Å²) >= 11 is -0.507. The highest BCUT2D eigenvalue weighted by Gasteiger charge is 2.35. The number of halogens is 6. The number of para-hydroxylation sites is 1. The average Bonchev–Trinajstić information content (AvgIpc) is 4.12. The van der Waals surface area contributed by atoms with Crippen LogP contribution in [-0.2, 0) is 39.0 Å². The van der Waals surface area contributed by atoms with Crippen LogP contribution < -0.4 is 0 Å². The van der Waals surface area contributed by atoms with Gasteiger partial charge in [0.1, 0.15) is 28.6 Å². The quantitative estimate of drug-likeness (QED) is 0.0665. The van der Waals surface area contributed by atoms with E-state index in [0.717, 1.165) is 33.2 Å². The van der Waals surface area contributed by atoms with E-state index in [4.69, 9.17) is 13.8 Å². The molecule has 4 heterocycles. The molecule has 0 aliphatic heterocycles. The largest absolute Gasteiger partial charge is 0.506 e. The summed E-state index contributed by atoms with van der Waals surface area (Å²) in [5.74, 6) is 0.945. The first-order chi connectivity index (χ1) is 35.4. The van der Waals surface area contributed by atoms with Crippen molar-refractivity contribution in [1.29, 1.82) is 0 Å². The maximum atomic E-state index is 14.7. The third-order valence-corrected chi connectivity index (χ3v) is 14.0. The van der Waals surface area contributed by atoms with Gasteiger partial charge >= 0.3 is 11.0 Å². The van der Waals surface area contributed by atoms with E-state index in [-0.39, 0.29) is 81.5 Å². The summed E-state index contributed by atoms with van der Waals surface area (Å²) in [5.41, 5.74) is -1.75. The molecule has 1 atom stereocenters. The molecule has 0 fully saturated rings. The highest BCUT2D eigenvalue weighted by Crippen LogP contribution is 2.45. The zero-order chi connectivity index (χ0) is 52.1. The van der Waals surface area contributed by atoms with Crippen molar-refractivity contribution in [2.45, 2.75) is 79.7 Å². The Morgan fingerprint density at radius 2 is 1.45 bits per heavy atom. The lowest BCUT2D eigenvalue weighted by molar-refractivity contribution is -0.0337. The van der Waals surface area contributed by atoms with Crippen molar-refractivity contribution in [2.24, 2.45) is 0 Å². The summed E-state index contributed by atoms with van der Waals surface area (Å²) in [7, 11) is 1.73. The highest BCUT2D eigenvalue weighted by atomic mass is 32.2. The van der Waals surface area contributed by atoms with Crippen LogP contribution in [0.1, 0.15) is 84.1 Å². The van der Waals surface area contributed by atoms with Gasteiger partial charge in [-0.2, -0.15) is 26.3 Å². The van der Waals surface area contributed by atoms with Gasteiger partial charge in [-0.1, -0.05) is 96.6 Å². The van der Waals surface area contributed by atoms with Crippen molar-refractivity contribution in [3.8, 4) is 5.75 Å². The number of aryl methyl sites for hydroxylation is 2. The molecule has 0 bridgehead atoms. The van der Waals surface area contributed by atoms with Gasteiger partial charge in [-0.25, -0.2) is 4.98 Å². The summed E-state index contributed by atoms with van der Waals surface area (Å²) < 4.78 is 96.1. The van der Waals surface area contributed by atoms with Crippen LogP contribution in [0.4, 0.5) is 26.3 Å². The topological polar surface area (TPSA) is 101 Å². The highest BCUT2D eigenvalue weighted by molar-refractivity contribution is 8.00. The first kappa shape index (κ1) is 51.7. The molecule has 380 valence electrons. The predicted octanol–water partition coefficient (Wildman–Crippen LogP) is 14.5. The molecule has 4 aromatic heterocycles. The van der Waals surface area contributed by atoms with Gasteiger partial charge in [-0.15, -0.1) is 0 Å². The van der Waals surface area contributed by atoms with Crippen molar-refractivity contribution >= 4 is 40.4 Å². The number of pyridine rings is 1. The Labute approximate surface area is 431 Å². The molecule has 74 heavy (non-hydrogen) atoms. The Morgan fingerprint density at radius 3 is 2.19 bits per heavy atom. The Morgan fingerprint density at radius 1 is 0.730 bits per heavy atom. The zero-order valence-electron chi connectivity index (χ0n) is 40.3. The van der Waals surface area contributed by atoms with E-state index in [1.54, 1.807) is 72.6 Å². The van der Waals surface area contributed by atoms with Gasteiger partial charge < -0.3 is 23.4 Å². The van der Waals surface area contributed by atoms with Crippen LogP contribution in [0.5, 0.6) is 5.75 Å². The molecular formula is C57H49F6N5O4S2. The number of thioether (sulfide) groups is 2. The number of carbonyl (C=O) groups is 1. The molecule has 9 nitrogen and oxygen atoms in total. The van der Waals surface area contributed by atoms with E-state index in [9.17, 15) is 36.2 Å². The van der Waals surface area contributed by atoms with Gasteiger partial charge in [0.15, 0.2) is 5.76 Å². The predicted molar refractivity (Wildman–Crippen MR) is 274 cm³/mol. The number of benzene rings is 5. The van der Waals surface area contributed by atoms with Crippen molar-refractivity contribution < 1.29 is 45.1 Å². The lowest BCUT2D eigenvalue weighted by Gasteiger charge is -2.30.